The van der Waals surface area contributed by atoms with E-state index in [2.05, 4.69) is 38.1 Å². The molecule has 0 saturated heterocycles. The first-order valence-corrected chi connectivity index (χ1v) is 9.07. The molecule has 0 aromatic heterocycles. The van der Waals surface area contributed by atoms with E-state index in [0.717, 1.165) is 38.0 Å². The van der Waals surface area contributed by atoms with Gasteiger partial charge in [-0.2, -0.15) is 0 Å². The molecule has 0 amide bonds. The van der Waals surface area contributed by atoms with Crippen LogP contribution in [0.15, 0.2) is 24.3 Å². The molecule has 0 spiro atoms. The van der Waals surface area contributed by atoms with Crippen LogP contribution < -0.4 is 4.74 Å². The molecule has 2 nitrogen and oxygen atoms in total. The molecule has 0 aliphatic rings. The van der Waals surface area contributed by atoms with E-state index in [4.69, 9.17) is 4.74 Å². The van der Waals surface area contributed by atoms with Crippen molar-refractivity contribution in [3.63, 3.8) is 0 Å². The molecule has 0 aliphatic heterocycles. The number of rotatable bonds is 12. The van der Waals surface area contributed by atoms with Crippen LogP contribution in [0.5, 0.6) is 5.75 Å². The molecule has 0 bridgehead atoms. The van der Waals surface area contributed by atoms with Crippen molar-refractivity contribution in [3.05, 3.63) is 29.8 Å². The molecule has 0 heterocycles. The number of hydrogen-bond donors (Lipinski definition) is 1. The van der Waals surface area contributed by atoms with Crippen LogP contribution >= 0.6 is 0 Å². The Kier molecular flexibility index (Phi) is 9.98. The Morgan fingerprint density at radius 1 is 1.00 bits per heavy atom. The third kappa shape index (κ3) is 7.84. The fourth-order valence-electron chi connectivity index (χ4n) is 2.64. The molecular formula is C20H34O2. The number of unbranched alkanes of at least 4 members (excludes halogenated alkanes) is 4. The third-order valence-corrected chi connectivity index (χ3v) is 4.40. The standard InChI is InChI=1S/C20H34O2/c1-4-6-7-8-9-16-22-19-14-12-18(13-15-19)11-10-17(3)20(21)5-2/h12-15,17,20-21H,4-11,16H2,1-3H3/t17?,20-/m1/s1. The second kappa shape index (κ2) is 11.5. The Bertz CT molecular complexity index is 372. The van der Waals surface area contributed by atoms with Crippen LogP contribution in [-0.4, -0.2) is 17.8 Å². The van der Waals surface area contributed by atoms with Gasteiger partial charge in [-0.15, -0.1) is 0 Å². The predicted molar refractivity (Wildman–Crippen MR) is 94.5 cm³/mol. The average Bonchev–Trinajstić information content (AvgIpc) is 2.56. The highest BCUT2D eigenvalue weighted by Gasteiger charge is 2.11. The second-order valence-corrected chi connectivity index (χ2v) is 6.40. The molecule has 1 aromatic carbocycles. The van der Waals surface area contributed by atoms with Crippen molar-refractivity contribution in [2.75, 3.05) is 6.61 Å². The van der Waals surface area contributed by atoms with E-state index >= 15 is 0 Å². The van der Waals surface area contributed by atoms with E-state index in [1.807, 2.05) is 6.92 Å². The summed E-state index contributed by atoms with van der Waals surface area (Å²) in [7, 11) is 0. The Labute approximate surface area is 136 Å². The molecule has 0 fully saturated rings. The monoisotopic (exact) mass is 306 g/mol. The Morgan fingerprint density at radius 3 is 2.32 bits per heavy atom. The first kappa shape index (κ1) is 19.0. The van der Waals surface area contributed by atoms with Gasteiger partial charge in [-0.1, -0.05) is 58.6 Å². The van der Waals surface area contributed by atoms with E-state index in [0.29, 0.717) is 5.92 Å². The second-order valence-electron chi connectivity index (χ2n) is 6.40. The van der Waals surface area contributed by atoms with Crippen molar-refractivity contribution in [1.82, 2.24) is 0 Å². The summed E-state index contributed by atoms with van der Waals surface area (Å²) in [5.74, 6) is 1.34. The molecule has 1 rings (SSSR count). The van der Waals surface area contributed by atoms with Crippen molar-refractivity contribution in [1.29, 1.82) is 0 Å². The lowest BCUT2D eigenvalue weighted by atomic mass is 9.95. The maximum Gasteiger partial charge on any atom is 0.119 e. The van der Waals surface area contributed by atoms with Crippen LogP contribution in [0, 0.1) is 5.92 Å². The van der Waals surface area contributed by atoms with Crippen LogP contribution in [0.1, 0.15) is 71.3 Å². The van der Waals surface area contributed by atoms with Gasteiger partial charge in [0.1, 0.15) is 5.75 Å². The number of aryl methyl sites for hydroxylation is 1. The zero-order valence-corrected chi connectivity index (χ0v) is 14.7. The summed E-state index contributed by atoms with van der Waals surface area (Å²) in [5, 5.41) is 9.80. The number of aliphatic hydroxyl groups excluding tert-OH is 1. The molecule has 0 saturated carbocycles. The first-order valence-electron chi connectivity index (χ1n) is 9.07. The summed E-state index contributed by atoms with van der Waals surface area (Å²) < 4.78 is 5.78. The highest BCUT2D eigenvalue weighted by molar-refractivity contribution is 5.27. The maximum atomic E-state index is 9.80. The van der Waals surface area contributed by atoms with Gasteiger partial charge < -0.3 is 9.84 Å². The summed E-state index contributed by atoms with van der Waals surface area (Å²) >= 11 is 0. The van der Waals surface area contributed by atoms with Crippen LogP contribution in [0.3, 0.4) is 0 Å². The molecule has 2 heteroatoms. The smallest absolute Gasteiger partial charge is 0.119 e. The Hall–Kier alpha value is -1.02. The van der Waals surface area contributed by atoms with Gasteiger partial charge in [0.15, 0.2) is 0 Å². The summed E-state index contributed by atoms with van der Waals surface area (Å²) in [6, 6.07) is 8.44. The van der Waals surface area contributed by atoms with Crippen molar-refractivity contribution >= 4 is 0 Å². The van der Waals surface area contributed by atoms with Gasteiger partial charge in [0, 0.05) is 0 Å². The number of ether oxygens (including phenoxy) is 1. The molecule has 1 unspecified atom stereocenters. The molecule has 2 atom stereocenters. The first-order chi connectivity index (χ1) is 10.7. The normalized spacial score (nSPS) is 13.8. The van der Waals surface area contributed by atoms with Crippen molar-refractivity contribution in [2.45, 2.75) is 78.2 Å². The summed E-state index contributed by atoms with van der Waals surface area (Å²) in [4.78, 5) is 0. The predicted octanol–water partition coefficient (Wildman–Crippen LogP) is 5.38. The van der Waals surface area contributed by atoms with E-state index in [1.165, 1.54) is 31.2 Å². The fraction of sp³-hybridized carbons (Fsp3) is 0.700. The van der Waals surface area contributed by atoms with Crippen molar-refractivity contribution in [2.24, 2.45) is 5.92 Å². The Balaban J connectivity index is 2.22. The van der Waals surface area contributed by atoms with Gasteiger partial charge in [-0.25, -0.2) is 0 Å². The van der Waals surface area contributed by atoms with Gasteiger partial charge in [0.25, 0.3) is 0 Å². The molecule has 1 aromatic rings. The van der Waals surface area contributed by atoms with Gasteiger partial charge in [-0.05, 0) is 49.3 Å². The molecule has 0 radical (unpaired) electrons. The highest BCUT2D eigenvalue weighted by atomic mass is 16.5. The molecule has 1 N–H and O–H groups in total. The lowest BCUT2D eigenvalue weighted by Crippen LogP contribution is -2.16. The van der Waals surface area contributed by atoms with E-state index in [-0.39, 0.29) is 6.10 Å². The molecule has 22 heavy (non-hydrogen) atoms. The summed E-state index contributed by atoms with van der Waals surface area (Å²) in [5.41, 5.74) is 1.32. The minimum atomic E-state index is -0.171. The van der Waals surface area contributed by atoms with Crippen molar-refractivity contribution in [3.8, 4) is 5.75 Å². The zero-order chi connectivity index (χ0) is 16.2. The van der Waals surface area contributed by atoms with Gasteiger partial charge >= 0.3 is 0 Å². The van der Waals surface area contributed by atoms with Gasteiger partial charge in [0.05, 0.1) is 12.7 Å². The summed E-state index contributed by atoms with van der Waals surface area (Å²) in [6.07, 6.45) is 9.08. The lowest BCUT2D eigenvalue weighted by Gasteiger charge is -2.17. The quantitative estimate of drug-likeness (QED) is 0.526. The average molecular weight is 306 g/mol. The third-order valence-electron chi connectivity index (χ3n) is 4.40. The zero-order valence-electron chi connectivity index (χ0n) is 14.7. The minimum Gasteiger partial charge on any atom is -0.494 e. The molecule has 0 aliphatic carbocycles. The van der Waals surface area contributed by atoms with Crippen molar-refractivity contribution < 1.29 is 9.84 Å². The largest absolute Gasteiger partial charge is 0.494 e. The number of hydrogen-bond acceptors (Lipinski definition) is 2. The molecular weight excluding hydrogens is 272 g/mol. The lowest BCUT2D eigenvalue weighted by molar-refractivity contribution is 0.108. The van der Waals surface area contributed by atoms with Crippen LogP contribution in [-0.2, 0) is 6.42 Å². The SMILES string of the molecule is CCCCCCCOc1ccc(CCC(C)[C@H](O)CC)cc1. The molecule has 126 valence electrons. The topological polar surface area (TPSA) is 29.5 Å². The summed E-state index contributed by atoms with van der Waals surface area (Å²) in [6.45, 7) is 7.23. The van der Waals surface area contributed by atoms with Gasteiger partial charge in [0.2, 0.25) is 0 Å². The maximum absolute atomic E-state index is 9.80. The number of benzene rings is 1. The van der Waals surface area contributed by atoms with E-state index in [9.17, 15) is 5.11 Å². The van der Waals surface area contributed by atoms with E-state index < -0.39 is 0 Å². The van der Waals surface area contributed by atoms with Crippen LogP contribution in [0.25, 0.3) is 0 Å². The highest BCUT2D eigenvalue weighted by Crippen LogP contribution is 2.18. The van der Waals surface area contributed by atoms with Crippen LogP contribution in [0.2, 0.25) is 0 Å². The van der Waals surface area contributed by atoms with E-state index in [1.54, 1.807) is 0 Å². The number of aliphatic hydroxyl groups is 1. The fourth-order valence-corrected chi connectivity index (χ4v) is 2.64. The Morgan fingerprint density at radius 2 is 1.68 bits per heavy atom. The van der Waals surface area contributed by atoms with Gasteiger partial charge in [-0.3, -0.25) is 0 Å². The van der Waals surface area contributed by atoms with Crippen LogP contribution in [0.4, 0.5) is 0 Å². The minimum absolute atomic E-state index is 0.171.